The minimum absolute atomic E-state index is 0.00975. The average Bonchev–Trinajstić information content (AvgIpc) is 2.81. The van der Waals surface area contributed by atoms with Crippen molar-refractivity contribution in [2.24, 2.45) is 5.41 Å². The standard InChI is InChI=1S/C25H18F12.C2H6/c1-3-5-9-16(4-2)20(22(26,27)28,23(29,30)31)18-12-14-19(15-13-18)21(24(32,33)34,25(35,36)37)17-10-7-6-8-11-17;1-2/h2-3,5-12,14H,13,15H2,1H3;1-2H3/b5-3-,16-9+;. The van der Waals surface area contributed by atoms with E-state index in [0.29, 0.717) is 18.2 Å². The van der Waals surface area contributed by atoms with E-state index < -0.39 is 70.7 Å². The Morgan fingerprint density at radius 3 is 1.49 bits per heavy atom. The first-order valence-corrected chi connectivity index (χ1v) is 11.4. The highest BCUT2D eigenvalue weighted by Crippen LogP contribution is 2.63. The summed E-state index contributed by atoms with van der Waals surface area (Å²) < 4.78 is 170. The van der Waals surface area contributed by atoms with Gasteiger partial charge >= 0.3 is 24.7 Å². The van der Waals surface area contributed by atoms with Crippen molar-refractivity contribution < 1.29 is 52.7 Å². The number of benzene rings is 1. The lowest BCUT2D eigenvalue weighted by atomic mass is 9.65. The highest BCUT2D eigenvalue weighted by molar-refractivity contribution is 5.51. The molecule has 0 bridgehead atoms. The van der Waals surface area contributed by atoms with Crippen LogP contribution in [-0.4, -0.2) is 24.7 Å². The highest BCUT2D eigenvalue weighted by atomic mass is 19.4. The molecule has 0 heterocycles. The van der Waals surface area contributed by atoms with Gasteiger partial charge in [0.15, 0.2) is 0 Å². The van der Waals surface area contributed by atoms with Gasteiger partial charge in [0.25, 0.3) is 0 Å². The lowest BCUT2D eigenvalue weighted by Gasteiger charge is -2.43. The van der Waals surface area contributed by atoms with Gasteiger partial charge in [0.1, 0.15) is 0 Å². The van der Waals surface area contributed by atoms with E-state index in [4.69, 9.17) is 6.42 Å². The smallest absolute Gasteiger partial charge is 0.169 e. The molecular formula is C27H24F12. The normalized spacial score (nSPS) is 16.2. The maximum atomic E-state index is 14.2. The summed E-state index contributed by atoms with van der Waals surface area (Å²) >= 11 is 0. The van der Waals surface area contributed by atoms with E-state index in [2.05, 4.69) is 0 Å². The van der Waals surface area contributed by atoms with Crippen molar-refractivity contribution in [2.75, 3.05) is 0 Å². The third-order valence-corrected chi connectivity index (χ3v) is 6.04. The molecule has 0 unspecified atom stereocenters. The van der Waals surface area contributed by atoms with Crippen molar-refractivity contribution >= 4 is 0 Å². The maximum Gasteiger partial charge on any atom is 0.411 e. The van der Waals surface area contributed by atoms with Gasteiger partial charge in [-0.15, -0.1) is 6.42 Å². The Morgan fingerprint density at radius 2 is 1.15 bits per heavy atom. The third kappa shape index (κ3) is 5.77. The predicted octanol–water partition coefficient (Wildman–Crippen LogP) is 9.97. The van der Waals surface area contributed by atoms with Gasteiger partial charge in [-0.2, -0.15) is 52.7 Å². The molecule has 0 amide bonds. The number of halogens is 12. The van der Waals surface area contributed by atoms with Gasteiger partial charge in [-0.25, -0.2) is 0 Å². The summed E-state index contributed by atoms with van der Waals surface area (Å²) in [6.07, 6.45) is -19.9. The van der Waals surface area contributed by atoms with Gasteiger partial charge in [0.2, 0.25) is 10.8 Å². The van der Waals surface area contributed by atoms with E-state index >= 15 is 0 Å². The minimum atomic E-state index is -6.13. The molecule has 0 saturated heterocycles. The lowest BCUT2D eigenvalue weighted by Crippen LogP contribution is -2.56. The van der Waals surface area contributed by atoms with Crippen LogP contribution < -0.4 is 0 Å². The molecule has 1 aliphatic carbocycles. The summed E-state index contributed by atoms with van der Waals surface area (Å²) in [6, 6.07) is 4.01. The van der Waals surface area contributed by atoms with Gasteiger partial charge < -0.3 is 0 Å². The number of allylic oxidation sites excluding steroid dienone is 8. The Labute approximate surface area is 217 Å². The fraction of sp³-hybridized carbons (Fsp3) is 0.407. The molecule has 0 spiro atoms. The van der Waals surface area contributed by atoms with Crippen molar-refractivity contribution in [2.45, 2.75) is 63.7 Å². The van der Waals surface area contributed by atoms with Crippen LogP contribution in [0.3, 0.4) is 0 Å². The van der Waals surface area contributed by atoms with Crippen LogP contribution in [0.1, 0.15) is 39.2 Å². The second-order valence-electron chi connectivity index (χ2n) is 7.99. The van der Waals surface area contributed by atoms with E-state index in [1.165, 1.54) is 12.8 Å². The number of terminal acetylenes is 1. The second-order valence-corrected chi connectivity index (χ2v) is 7.99. The van der Waals surface area contributed by atoms with E-state index in [0.717, 1.165) is 30.4 Å². The van der Waals surface area contributed by atoms with E-state index in [9.17, 15) is 52.7 Å². The molecule has 0 aromatic heterocycles. The summed E-state index contributed by atoms with van der Waals surface area (Å²) in [6.45, 7) is 5.28. The van der Waals surface area contributed by atoms with Gasteiger partial charge in [0.05, 0.1) is 0 Å². The topological polar surface area (TPSA) is 0 Å². The number of alkyl halides is 12. The Morgan fingerprint density at radius 1 is 0.718 bits per heavy atom. The lowest BCUT2D eigenvalue weighted by molar-refractivity contribution is -0.310. The van der Waals surface area contributed by atoms with E-state index in [1.54, 1.807) is 0 Å². The van der Waals surface area contributed by atoms with Crippen LogP contribution in [0.25, 0.3) is 0 Å². The Kier molecular flexibility index (Phi) is 10.4. The zero-order valence-electron chi connectivity index (χ0n) is 20.8. The predicted molar refractivity (Wildman–Crippen MR) is 123 cm³/mol. The van der Waals surface area contributed by atoms with Crippen LogP contribution in [0.5, 0.6) is 0 Å². The molecular weight excluding hydrogens is 552 g/mol. The van der Waals surface area contributed by atoms with Crippen molar-refractivity contribution in [3.63, 3.8) is 0 Å². The molecule has 1 aromatic carbocycles. The molecule has 1 aliphatic rings. The SMILES string of the molecule is C#C/C(=C\C=C/C)C(C1=CC=C(C(c2ccccc2)(C(F)(F)F)C(F)(F)F)CC1)(C(F)(F)F)C(F)(F)F.CC. The van der Waals surface area contributed by atoms with Crippen LogP contribution in [0.4, 0.5) is 52.7 Å². The summed E-state index contributed by atoms with van der Waals surface area (Å²) in [5.41, 5.74) is -15.4. The number of hydrogen-bond donors (Lipinski definition) is 0. The minimum Gasteiger partial charge on any atom is -0.169 e. The molecule has 1 aromatic rings. The monoisotopic (exact) mass is 576 g/mol. The summed E-state index contributed by atoms with van der Waals surface area (Å²) in [4.78, 5) is 0. The number of rotatable bonds is 5. The molecule has 12 heteroatoms. The summed E-state index contributed by atoms with van der Waals surface area (Å²) in [5.74, 6) is 1.35. The van der Waals surface area contributed by atoms with Crippen LogP contribution in [0.15, 0.2) is 77.4 Å². The van der Waals surface area contributed by atoms with Crippen molar-refractivity contribution in [1.29, 1.82) is 0 Å². The van der Waals surface area contributed by atoms with Crippen molar-refractivity contribution in [3.8, 4) is 12.3 Å². The average molecular weight is 576 g/mol. The second kappa shape index (κ2) is 12.0. The van der Waals surface area contributed by atoms with Crippen molar-refractivity contribution in [3.05, 3.63) is 83.0 Å². The number of hydrogen-bond acceptors (Lipinski definition) is 0. The van der Waals surface area contributed by atoms with Crippen LogP contribution in [-0.2, 0) is 5.41 Å². The summed E-state index contributed by atoms with van der Waals surface area (Å²) in [7, 11) is 0. The third-order valence-electron chi connectivity index (χ3n) is 6.04. The fourth-order valence-corrected chi connectivity index (χ4v) is 4.46. The molecule has 0 N–H and O–H groups in total. The zero-order valence-corrected chi connectivity index (χ0v) is 20.8. The van der Waals surface area contributed by atoms with E-state index in [-0.39, 0.29) is 12.2 Å². The molecule has 0 atom stereocenters. The molecule has 39 heavy (non-hydrogen) atoms. The zero-order chi connectivity index (χ0) is 30.5. The summed E-state index contributed by atoms with van der Waals surface area (Å²) in [5, 5.41) is 0. The Balaban J connectivity index is 0.00000371. The molecule has 0 saturated carbocycles. The van der Waals surface area contributed by atoms with Crippen LogP contribution >= 0.6 is 0 Å². The molecule has 216 valence electrons. The van der Waals surface area contributed by atoms with Gasteiger partial charge in [0, 0.05) is 5.57 Å². The molecule has 2 rings (SSSR count). The molecule has 0 nitrogen and oxygen atoms in total. The van der Waals surface area contributed by atoms with Gasteiger partial charge in [-0.1, -0.05) is 74.4 Å². The first kappa shape index (κ1) is 33.9. The maximum absolute atomic E-state index is 14.2. The largest absolute Gasteiger partial charge is 0.411 e. The van der Waals surface area contributed by atoms with Crippen LogP contribution in [0, 0.1) is 17.8 Å². The first-order chi connectivity index (χ1) is 17.8. The molecule has 0 aliphatic heterocycles. The highest BCUT2D eigenvalue weighted by Gasteiger charge is 2.76. The fourth-order valence-electron chi connectivity index (χ4n) is 4.46. The Hall–Kier alpha value is -3.10. The molecule has 0 radical (unpaired) electrons. The molecule has 0 fully saturated rings. The first-order valence-electron chi connectivity index (χ1n) is 11.4. The van der Waals surface area contributed by atoms with Crippen molar-refractivity contribution in [1.82, 2.24) is 0 Å². The quantitative estimate of drug-likeness (QED) is 0.186. The van der Waals surface area contributed by atoms with E-state index in [1.807, 2.05) is 13.8 Å². The Bertz CT molecular complexity index is 1100. The van der Waals surface area contributed by atoms with Gasteiger partial charge in [-0.05, 0) is 42.6 Å². The van der Waals surface area contributed by atoms with Crippen LogP contribution in [0.2, 0.25) is 0 Å². The van der Waals surface area contributed by atoms with Gasteiger partial charge in [-0.3, -0.25) is 0 Å².